The first kappa shape index (κ1) is 19.1. The molecule has 1 aliphatic heterocycles. The smallest absolute Gasteiger partial charge is 0.154 e. The fraction of sp³-hybridized carbons (Fsp3) is 0.154. The monoisotopic (exact) mass is 408 g/mol. The van der Waals surface area contributed by atoms with E-state index in [-0.39, 0.29) is 0 Å². The summed E-state index contributed by atoms with van der Waals surface area (Å²) in [6, 6.07) is 22.2. The van der Waals surface area contributed by atoms with Gasteiger partial charge in [0.1, 0.15) is 0 Å². The Morgan fingerprint density at radius 2 is 1.81 bits per heavy atom. The van der Waals surface area contributed by atoms with E-state index in [0.29, 0.717) is 17.1 Å². The van der Waals surface area contributed by atoms with Crippen LogP contribution in [0.5, 0.6) is 0 Å². The van der Waals surface area contributed by atoms with Gasteiger partial charge in [0.05, 0.1) is 11.2 Å². The number of aldehydes is 1. The molecule has 1 aromatic heterocycles. The molecule has 5 rings (SSSR count). The standard InChI is InChI=1S/C26H24N4O/c1-17-22-8-4-5-9-23(22)29-26(25(17)27)28-21-11-10-20(16-31)24(14-21)30-13-12-18-6-2-3-7-19(18)15-30/h2-11,14,16H,12-13,15,27H2,1H3,(H,28,29). The summed E-state index contributed by atoms with van der Waals surface area (Å²) in [4.78, 5) is 18.7. The lowest BCUT2D eigenvalue weighted by Gasteiger charge is -2.32. The number of aromatic nitrogens is 1. The van der Waals surface area contributed by atoms with E-state index in [4.69, 9.17) is 10.7 Å². The Balaban J connectivity index is 1.50. The number of pyridine rings is 1. The summed E-state index contributed by atoms with van der Waals surface area (Å²) in [6.45, 7) is 3.67. The Labute approximate surface area is 181 Å². The largest absolute Gasteiger partial charge is 0.395 e. The number of benzene rings is 3. The van der Waals surface area contributed by atoms with Gasteiger partial charge in [0, 0.05) is 35.4 Å². The van der Waals surface area contributed by atoms with Gasteiger partial charge in [-0.25, -0.2) is 4.98 Å². The molecule has 0 fully saturated rings. The van der Waals surface area contributed by atoms with E-state index in [1.165, 1.54) is 11.1 Å². The zero-order valence-corrected chi connectivity index (χ0v) is 17.4. The van der Waals surface area contributed by atoms with Crippen LogP contribution in [0.4, 0.5) is 22.9 Å². The molecule has 3 N–H and O–H groups in total. The predicted molar refractivity (Wildman–Crippen MR) is 127 cm³/mol. The maximum Gasteiger partial charge on any atom is 0.154 e. The summed E-state index contributed by atoms with van der Waals surface area (Å²) in [5, 5.41) is 4.43. The minimum absolute atomic E-state index is 0.630. The van der Waals surface area contributed by atoms with Gasteiger partial charge in [-0.1, -0.05) is 42.5 Å². The second-order valence-corrected chi connectivity index (χ2v) is 7.97. The van der Waals surface area contributed by atoms with Gasteiger partial charge in [-0.3, -0.25) is 4.79 Å². The molecule has 31 heavy (non-hydrogen) atoms. The molecule has 2 heterocycles. The maximum atomic E-state index is 11.8. The molecule has 0 saturated heterocycles. The third-order valence-corrected chi connectivity index (χ3v) is 6.09. The highest BCUT2D eigenvalue weighted by atomic mass is 16.1. The van der Waals surface area contributed by atoms with Gasteiger partial charge >= 0.3 is 0 Å². The van der Waals surface area contributed by atoms with Gasteiger partial charge < -0.3 is 16.0 Å². The lowest BCUT2D eigenvalue weighted by Crippen LogP contribution is -2.31. The zero-order valence-electron chi connectivity index (χ0n) is 17.4. The van der Waals surface area contributed by atoms with Crippen LogP contribution in [0.15, 0.2) is 66.7 Å². The van der Waals surface area contributed by atoms with Gasteiger partial charge in [0.2, 0.25) is 0 Å². The topological polar surface area (TPSA) is 71.2 Å². The van der Waals surface area contributed by atoms with Crippen LogP contribution in [0.1, 0.15) is 27.0 Å². The summed E-state index contributed by atoms with van der Waals surface area (Å²) in [5.74, 6) is 0.630. The number of hydrogen-bond donors (Lipinski definition) is 2. The number of fused-ring (bicyclic) bond motifs is 2. The lowest BCUT2D eigenvalue weighted by molar-refractivity contribution is 0.112. The molecule has 5 heteroatoms. The molecular weight excluding hydrogens is 384 g/mol. The number of nitrogens with two attached hydrogens (primary N) is 1. The first-order chi connectivity index (χ1) is 15.1. The van der Waals surface area contributed by atoms with Crippen molar-refractivity contribution < 1.29 is 4.79 Å². The minimum atomic E-state index is 0.630. The third-order valence-electron chi connectivity index (χ3n) is 6.09. The first-order valence-electron chi connectivity index (χ1n) is 10.5. The van der Waals surface area contributed by atoms with Crippen LogP contribution in [0.3, 0.4) is 0 Å². The summed E-state index contributed by atoms with van der Waals surface area (Å²) >= 11 is 0. The Kier molecular flexibility index (Phi) is 4.79. The SMILES string of the molecule is Cc1c(N)c(Nc2ccc(C=O)c(N3CCc4ccccc4C3)c2)nc2ccccc12. The number of nitrogens with zero attached hydrogens (tertiary/aromatic N) is 2. The summed E-state index contributed by atoms with van der Waals surface area (Å²) < 4.78 is 0. The van der Waals surface area contributed by atoms with Crippen molar-refractivity contribution in [2.45, 2.75) is 19.9 Å². The summed E-state index contributed by atoms with van der Waals surface area (Å²) in [7, 11) is 0. The molecule has 4 aromatic rings. The van der Waals surface area contributed by atoms with Crippen LogP contribution in [0, 0.1) is 6.92 Å². The molecule has 154 valence electrons. The highest BCUT2D eigenvalue weighted by Gasteiger charge is 2.19. The van der Waals surface area contributed by atoms with Gasteiger partial charge in [-0.15, -0.1) is 0 Å². The maximum absolute atomic E-state index is 11.8. The molecule has 3 aromatic carbocycles. The molecule has 5 nitrogen and oxygen atoms in total. The molecule has 0 unspecified atom stereocenters. The average molecular weight is 409 g/mol. The van der Waals surface area contributed by atoms with E-state index >= 15 is 0 Å². The number of nitrogen functional groups attached to an aromatic ring is 1. The molecule has 0 radical (unpaired) electrons. The van der Waals surface area contributed by atoms with Crippen LogP contribution in [-0.2, 0) is 13.0 Å². The minimum Gasteiger partial charge on any atom is -0.395 e. The zero-order chi connectivity index (χ0) is 21.4. The summed E-state index contributed by atoms with van der Waals surface area (Å²) in [6.07, 6.45) is 1.89. The number of carbonyl (C=O) groups is 1. The normalized spacial score (nSPS) is 13.1. The van der Waals surface area contributed by atoms with Crippen molar-refractivity contribution >= 4 is 40.1 Å². The fourth-order valence-corrected chi connectivity index (χ4v) is 4.32. The van der Waals surface area contributed by atoms with Crippen LogP contribution in [0.2, 0.25) is 0 Å². The molecule has 0 bridgehead atoms. The van der Waals surface area contributed by atoms with E-state index in [0.717, 1.165) is 53.6 Å². The van der Waals surface area contributed by atoms with Crippen molar-refractivity contribution in [2.24, 2.45) is 0 Å². The number of nitrogens with one attached hydrogen (secondary N) is 1. The Morgan fingerprint density at radius 3 is 2.65 bits per heavy atom. The molecule has 0 aliphatic carbocycles. The second kappa shape index (κ2) is 7.76. The van der Waals surface area contributed by atoms with Crippen LogP contribution in [0.25, 0.3) is 10.9 Å². The van der Waals surface area contributed by atoms with Gasteiger partial charge in [-0.2, -0.15) is 0 Å². The van der Waals surface area contributed by atoms with E-state index in [1.807, 2.05) is 49.4 Å². The molecule has 0 spiro atoms. The number of rotatable bonds is 4. The Hall–Kier alpha value is -3.86. The van der Waals surface area contributed by atoms with Gasteiger partial charge in [0.15, 0.2) is 12.1 Å². The quantitative estimate of drug-likeness (QED) is 0.452. The van der Waals surface area contributed by atoms with Crippen LogP contribution in [-0.4, -0.2) is 17.8 Å². The van der Waals surface area contributed by atoms with Crippen molar-refractivity contribution in [2.75, 3.05) is 22.5 Å². The molecule has 0 atom stereocenters. The lowest BCUT2D eigenvalue weighted by atomic mass is 9.98. The second-order valence-electron chi connectivity index (χ2n) is 7.97. The first-order valence-corrected chi connectivity index (χ1v) is 10.5. The fourth-order valence-electron chi connectivity index (χ4n) is 4.32. The molecular formula is C26H24N4O. The van der Waals surface area contributed by atoms with Crippen molar-refractivity contribution in [1.29, 1.82) is 0 Å². The molecule has 0 amide bonds. The van der Waals surface area contributed by atoms with Crippen molar-refractivity contribution in [3.05, 3.63) is 89.0 Å². The predicted octanol–water partition coefficient (Wildman–Crippen LogP) is 5.24. The number of aryl methyl sites for hydroxylation is 1. The van der Waals surface area contributed by atoms with Crippen molar-refractivity contribution in [1.82, 2.24) is 4.98 Å². The van der Waals surface area contributed by atoms with E-state index in [1.54, 1.807) is 0 Å². The van der Waals surface area contributed by atoms with E-state index in [2.05, 4.69) is 34.5 Å². The van der Waals surface area contributed by atoms with Gasteiger partial charge in [0.25, 0.3) is 0 Å². The van der Waals surface area contributed by atoms with Crippen LogP contribution < -0.4 is 16.0 Å². The van der Waals surface area contributed by atoms with E-state index in [9.17, 15) is 4.79 Å². The van der Waals surface area contributed by atoms with Crippen molar-refractivity contribution in [3.63, 3.8) is 0 Å². The number of anilines is 4. The number of carbonyl (C=O) groups excluding carboxylic acids is 1. The number of para-hydroxylation sites is 1. The Morgan fingerprint density at radius 1 is 1.03 bits per heavy atom. The molecule has 0 saturated carbocycles. The average Bonchev–Trinajstić information content (AvgIpc) is 2.82. The van der Waals surface area contributed by atoms with Crippen molar-refractivity contribution in [3.8, 4) is 0 Å². The molecule has 1 aliphatic rings. The Bertz CT molecular complexity index is 1300. The van der Waals surface area contributed by atoms with E-state index < -0.39 is 0 Å². The highest BCUT2D eigenvalue weighted by Crippen LogP contribution is 2.33. The van der Waals surface area contributed by atoms with Crippen LogP contribution >= 0.6 is 0 Å². The van der Waals surface area contributed by atoms with Gasteiger partial charge in [-0.05, 0) is 54.3 Å². The summed E-state index contributed by atoms with van der Waals surface area (Å²) in [5.41, 5.74) is 14.1. The highest BCUT2D eigenvalue weighted by molar-refractivity contribution is 5.92. The number of hydrogen-bond acceptors (Lipinski definition) is 5. The third kappa shape index (κ3) is 3.48.